The van der Waals surface area contributed by atoms with E-state index in [-0.39, 0.29) is 34.7 Å². The van der Waals surface area contributed by atoms with Gasteiger partial charge in [-0.05, 0) is 23.8 Å². The lowest BCUT2D eigenvalue weighted by molar-refractivity contribution is -0.113. The lowest BCUT2D eigenvalue weighted by Gasteiger charge is -2.16. The van der Waals surface area contributed by atoms with Gasteiger partial charge in [0.15, 0.2) is 5.82 Å². The molecule has 3 aromatic rings. The number of aromatic nitrogens is 4. The quantitative estimate of drug-likeness (QED) is 0.454. The van der Waals surface area contributed by atoms with E-state index in [0.29, 0.717) is 17.1 Å². The van der Waals surface area contributed by atoms with Crippen LogP contribution in [0.5, 0.6) is 0 Å². The van der Waals surface area contributed by atoms with E-state index in [0.717, 1.165) is 5.56 Å². The van der Waals surface area contributed by atoms with Gasteiger partial charge in [-0.15, -0.1) is 0 Å². The van der Waals surface area contributed by atoms with Crippen LogP contribution in [-0.2, 0) is 11.3 Å². The van der Waals surface area contributed by atoms with Crippen LogP contribution in [-0.4, -0.2) is 36.9 Å². The Morgan fingerprint density at radius 2 is 2.21 bits per heavy atom. The number of aromatic carboxylic acids is 1. The second-order valence-electron chi connectivity index (χ2n) is 6.03. The molecular weight excluding hydrogens is 384 g/mol. The Hall–Kier alpha value is -3.72. The summed E-state index contributed by atoms with van der Waals surface area (Å²) < 4.78 is 0. The van der Waals surface area contributed by atoms with Crippen LogP contribution in [0.1, 0.15) is 27.2 Å². The molecule has 140 valence electrons. The SMILES string of the molecule is Nc1nc(Cl)c2c(n1)N(Cc1cccnc1)C(=O)/C2=C/c1cc(C(=O)O)c[nH]1. The molecule has 1 aliphatic heterocycles. The molecule has 3 aromatic heterocycles. The molecule has 0 unspecified atom stereocenters. The third kappa shape index (κ3) is 3.08. The highest BCUT2D eigenvalue weighted by Gasteiger charge is 2.37. The van der Waals surface area contributed by atoms with E-state index in [4.69, 9.17) is 22.4 Å². The van der Waals surface area contributed by atoms with Gasteiger partial charge in [0.2, 0.25) is 5.95 Å². The molecule has 0 aromatic carbocycles. The van der Waals surface area contributed by atoms with Crippen molar-refractivity contribution in [1.29, 1.82) is 0 Å². The molecule has 28 heavy (non-hydrogen) atoms. The Morgan fingerprint density at radius 1 is 1.39 bits per heavy atom. The second kappa shape index (κ2) is 6.78. The number of carboxylic acid groups (broad SMARTS) is 1. The number of carboxylic acids is 1. The highest BCUT2D eigenvalue weighted by atomic mass is 35.5. The van der Waals surface area contributed by atoms with Crippen molar-refractivity contribution in [3.8, 4) is 0 Å². The van der Waals surface area contributed by atoms with Gasteiger partial charge < -0.3 is 15.8 Å². The molecule has 1 amide bonds. The van der Waals surface area contributed by atoms with Crippen LogP contribution in [0.4, 0.5) is 11.8 Å². The third-order valence-corrected chi connectivity index (χ3v) is 4.45. The summed E-state index contributed by atoms with van der Waals surface area (Å²) in [6.45, 7) is 0.217. The normalized spacial score (nSPS) is 14.5. The van der Waals surface area contributed by atoms with Gasteiger partial charge in [0.1, 0.15) is 5.15 Å². The predicted octanol–water partition coefficient (Wildman–Crippen LogP) is 2.22. The molecule has 0 bridgehead atoms. The van der Waals surface area contributed by atoms with Crippen LogP contribution in [0, 0.1) is 0 Å². The number of anilines is 2. The summed E-state index contributed by atoms with van der Waals surface area (Å²) in [6, 6.07) is 5.01. The maximum absolute atomic E-state index is 13.1. The lowest BCUT2D eigenvalue weighted by Crippen LogP contribution is -2.26. The first-order valence-corrected chi connectivity index (χ1v) is 8.49. The average molecular weight is 397 g/mol. The van der Waals surface area contributed by atoms with Crippen LogP contribution in [0.2, 0.25) is 5.15 Å². The van der Waals surface area contributed by atoms with Crippen molar-refractivity contribution in [2.45, 2.75) is 6.54 Å². The molecule has 0 fully saturated rings. The number of pyridine rings is 1. The van der Waals surface area contributed by atoms with Crippen molar-refractivity contribution in [3.63, 3.8) is 0 Å². The zero-order valence-electron chi connectivity index (χ0n) is 14.3. The zero-order valence-corrected chi connectivity index (χ0v) is 15.0. The summed E-state index contributed by atoms with van der Waals surface area (Å²) in [5.41, 5.74) is 7.60. The Balaban J connectivity index is 1.81. The minimum absolute atomic E-state index is 0.0424. The van der Waals surface area contributed by atoms with E-state index >= 15 is 0 Å². The number of carbonyl (C=O) groups excluding carboxylic acids is 1. The molecule has 0 radical (unpaired) electrons. The summed E-state index contributed by atoms with van der Waals surface area (Å²) in [5, 5.41) is 9.12. The molecular formula is C18H13ClN6O3. The number of fused-ring (bicyclic) bond motifs is 1. The Labute approximate surface area is 163 Å². The number of H-pyrrole nitrogens is 1. The molecule has 4 N–H and O–H groups in total. The van der Waals surface area contributed by atoms with Crippen molar-refractivity contribution in [2.24, 2.45) is 0 Å². The first-order chi connectivity index (χ1) is 13.4. The van der Waals surface area contributed by atoms with Gasteiger partial charge in [-0.1, -0.05) is 17.7 Å². The smallest absolute Gasteiger partial charge is 0.337 e. The van der Waals surface area contributed by atoms with Crippen LogP contribution < -0.4 is 10.6 Å². The van der Waals surface area contributed by atoms with E-state index < -0.39 is 5.97 Å². The number of nitrogens with two attached hydrogens (primary N) is 1. The topological polar surface area (TPSA) is 138 Å². The fourth-order valence-electron chi connectivity index (χ4n) is 2.94. The number of rotatable bonds is 4. The minimum Gasteiger partial charge on any atom is -0.478 e. The molecule has 0 spiro atoms. The first kappa shape index (κ1) is 17.7. The summed E-state index contributed by atoms with van der Waals surface area (Å²) in [4.78, 5) is 40.6. The number of carbonyl (C=O) groups is 2. The molecule has 4 heterocycles. The van der Waals surface area contributed by atoms with E-state index in [9.17, 15) is 9.59 Å². The summed E-state index contributed by atoms with van der Waals surface area (Å²) in [7, 11) is 0. The highest BCUT2D eigenvalue weighted by molar-refractivity contribution is 6.41. The highest BCUT2D eigenvalue weighted by Crippen LogP contribution is 2.41. The van der Waals surface area contributed by atoms with Gasteiger partial charge in [-0.2, -0.15) is 4.98 Å². The van der Waals surface area contributed by atoms with Crippen LogP contribution in [0.3, 0.4) is 0 Å². The molecule has 10 heteroatoms. The average Bonchev–Trinajstić information content (AvgIpc) is 3.22. The molecule has 0 saturated carbocycles. The van der Waals surface area contributed by atoms with Gasteiger partial charge in [0, 0.05) is 24.3 Å². The zero-order chi connectivity index (χ0) is 19.8. The fraction of sp³-hybridized carbons (Fsp3) is 0.0556. The largest absolute Gasteiger partial charge is 0.478 e. The number of amides is 1. The monoisotopic (exact) mass is 396 g/mol. The van der Waals surface area contributed by atoms with Crippen LogP contribution in [0.25, 0.3) is 11.6 Å². The summed E-state index contributed by atoms with van der Waals surface area (Å²) in [6.07, 6.45) is 6.13. The maximum Gasteiger partial charge on any atom is 0.337 e. The maximum atomic E-state index is 13.1. The predicted molar refractivity (Wildman–Crippen MR) is 103 cm³/mol. The minimum atomic E-state index is -1.08. The van der Waals surface area contributed by atoms with Gasteiger partial charge >= 0.3 is 5.97 Å². The molecule has 0 saturated heterocycles. The van der Waals surface area contributed by atoms with Gasteiger partial charge in [0.05, 0.1) is 23.2 Å². The van der Waals surface area contributed by atoms with Crippen LogP contribution >= 0.6 is 11.6 Å². The third-order valence-electron chi connectivity index (χ3n) is 4.18. The Morgan fingerprint density at radius 3 is 2.89 bits per heavy atom. The number of hydrogen-bond donors (Lipinski definition) is 3. The number of hydrogen-bond acceptors (Lipinski definition) is 6. The molecule has 4 rings (SSSR count). The van der Waals surface area contributed by atoms with Crippen molar-refractivity contribution in [3.05, 3.63) is 64.3 Å². The Bertz CT molecular complexity index is 1130. The Kier molecular flexibility index (Phi) is 4.28. The number of nitrogen functional groups attached to an aromatic ring is 1. The molecule has 0 atom stereocenters. The van der Waals surface area contributed by atoms with E-state index in [1.54, 1.807) is 18.5 Å². The van der Waals surface area contributed by atoms with Crippen molar-refractivity contribution in [2.75, 3.05) is 10.6 Å². The lowest BCUT2D eigenvalue weighted by atomic mass is 10.1. The van der Waals surface area contributed by atoms with Gasteiger partial charge in [-0.25, -0.2) is 9.78 Å². The van der Waals surface area contributed by atoms with Crippen molar-refractivity contribution in [1.82, 2.24) is 19.9 Å². The van der Waals surface area contributed by atoms with E-state index in [1.807, 2.05) is 6.07 Å². The summed E-state index contributed by atoms with van der Waals surface area (Å²) >= 11 is 6.26. The molecule has 9 nitrogen and oxygen atoms in total. The van der Waals surface area contributed by atoms with Gasteiger partial charge in [0.25, 0.3) is 5.91 Å². The first-order valence-electron chi connectivity index (χ1n) is 8.11. The van der Waals surface area contributed by atoms with Crippen molar-refractivity contribution < 1.29 is 14.7 Å². The second-order valence-corrected chi connectivity index (χ2v) is 6.39. The standard InChI is InChI=1S/C18H13ClN6O3/c19-14-13-12(5-11-4-10(7-22-11)17(27)28)16(26)25(15(13)24-18(20)23-14)8-9-2-1-3-21-6-9/h1-7,22H,8H2,(H,27,28)(H2,20,23,24)/b12-5+. The number of halogens is 1. The van der Waals surface area contributed by atoms with E-state index in [1.165, 1.54) is 23.2 Å². The van der Waals surface area contributed by atoms with E-state index in [2.05, 4.69) is 19.9 Å². The van der Waals surface area contributed by atoms with Crippen LogP contribution in [0.15, 0.2) is 36.8 Å². The number of nitrogens with zero attached hydrogens (tertiary/aromatic N) is 4. The number of aromatic amines is 1. The molecule has 0 aliphatic carbocycles. The van der Waals surface area contributed by atoms with Gasteiger partial charge in [-0.3, -0.25) is 14.7 Å². The summed E-state index contributed by atoms with van der Waals surface area (Å²) in [5.74, 6) is -1.19. The number of nitrogens with one attached hydrogen (secondary N) is 1. The van der Waals surface area contributed by atoms with Crippen molar-refractivity contribution >= 4 is 46.9 Å². The molecule has 1 aliphatic rings. The fourth-order valence-corrected chi connectivity index (χ4v) is 3.22.